The molecule has 6 nitrogen and oxygen atoms in total. The van der Waals surface area contributed by atoms with E-state index in [0.29, 0.717) is 18.8 Å². The topological polar surface area (TPSA) is 83.6 Å². The number of tetrazole rings is 1. The Morgan fingerprint density at radius 1 is 1.47 bits per heavy atom. The van der Waals surface area contributed by atoms with Gasteiger partial charge in [-0.1, -0.05) is 18.2 Å². The lowest BCUT2D eigenvalue weighted by Gasteiger charge is -2.01. The number of carbonyl (C=O) groups is 1. The molecule has 1 aromatic carbocycles. The summed E-state index contributed by atoms with van der Waals surface area (Å²) in [7, 11) is 0. The molecule has 0 radical (unpaired) electrons. The van der Waals surface area contributed by atoms with Gasteiger partial charge in [-0.2, -0.15) is 0 Å². The number of hydrogen-bond acceptors (Lipinski definition) is 4. The van der Waals surface area contributed by atoms with Gasteiger partial charge >= 0.3 is 0 Å². The average Bonchev–Trinajstić information content (AvgIpc) is 2.80. The lowest BCUT2D eigenvalue weighted by Crippen LogP contribution is -2.09. The van der Waals surface area contributed by atoms with E-state index in [-0.39, 0.29) is 0 Å². The molecule has 0 saturated carbocycles. The van der Waals surface area contributed by atoms with E-state index in [4.69, 9.17) is 0 Å². The van der Waals surface area contributed by atoms with E-state index < -0.39 is 0 Å². The van der Waals surface area contributed by atoms with Crippen LogP contribution in [0.2, 0.25) is 0 Å². The molecule has 0 bridgehead atoms. The fraction of sp³-hybridized carbons (Fsp3) is 0.111. The van der Waals surface area contributed by atoms with Gasteiger partial charge in [-0.3, -0.25) is 4.79 Å². The van der Waals surface area contributed by atoms with Crippen molar-refractivity contribution in [3.8, 4) is 11.4 Å². The molecule has 0 atom stereocenters. The molecule has 2 rings (SSSR count). The fourth-order valence-corrected chi connectivity index (χ4v) is 1.27. The van der Waals surface area contributed by atoms with Crippen LogP contribution in [0.15, 0.2) is 24.3 Å². The molecule has 1 amide bonds. The molecule has 0 aliphatic heterocycles. The lowest BCUT2D eigenvalue weighted by atomic mass is 10.1. The van der Waals surface area contributed by atoms with Crippen LogP contribution >= 0.6 is 0 Å². The van der Waals surface area contributed by atoms with Gasteiger partial charge in [0.25, 0.3) is 0 Å². The molecule has 76 valence electrons. The van der Waals surface area contributed by atoms with Gasteiger partial charge in [0, 0.05) is 12.1 Å². The molecule has 6 heteroatoms. The summed E-state index contributed by atoms with van der Waals surface area (Å²) in [6.45, 7) is 0.499. The van der Waals surface area contributed by atoms with E-state index in [1.165, 1.54) is 0 Å². The third kappa shape index (κ3) is 2.16. The Kier molecular flexibility index (Phi) is 2.68. The first-order valence-electron chi connectivity index (χ1n) is 4.40. The molecule has 0 aliphatic rings. The monoisotopic (exact) mass is 203 g/mol. The highest BCUT2D eigenvalue weighted by atomic mass is 16.1. The number of aromatic amines is 1. The molecular weight excluding hydrogens is 194 g/mol. The minimum absolute atomic E-state index is 0.499. The molecular formula is C9H9N5O. The number of nitrogens with zero attached hydrogens (tertiary/aromatic N) is 3. The fourth-order valence-electron chi connectivity index (χ4n) is 1.27. The van der Waals surface area contributed by atoms with Gasteiger partial charge in [-0.05, 0) is 22.1 Å². The van der Waals surface area contributed by atoms with Crippen LogP contribution in [-0.2, 0) is 11.3 Å². The quantitative estimate of drug-likeness (QED) is 0.691. The standard InChI is InChI=1S/C9H9N5O/c15-6-10-5-7-2-1-3-8(4-7)9-11-13-14-12-9/h1-4,6H,5H2,(H,10,15)(H,11,12,13,14). The first-order chi connectivity index (χ1) is 7.40. The molecule has 1 heterocycles. The molecule has 0 aliphatic carbocycles. The van der Waals surface area contributed by atoms with Gasteiger partial charge in [0.2, 0.25) is 6.41 Å². The van der Waals surface area contributed by atoms with Crippen molar-refractivity contribution in [2.45, 2.75) is 6.54 Å². The van der Waals surface area contributed by atoms with Crippen LogP contribution in [-0.4, -0.2) is 27.0 Å². The highest BCUT2D eigenvalue weighted by Gasteiger charge is 2.01. The maximum atomic E-state index is 10.1. The minimum atomic E-state index is 0.499. The number of rotatable bonds is 4. The predicted octanol–water partition coefficient (Wildman–Crippen LogP) is 0.113. The first-order valence-corrected chi connectivity index (χ1v) is 4.40. The molecule has 2 aromatic rings. The van der Waals surface area contributed by atoms with Crippen molar-refractivity contribution in [1.29, 1.82) is 0 Å². The van der Waals surface area contributed by atoms with E-state index in [0.717, 1.165) is 11.1 Å². The zero-order chi connectivity index (χ0) is 10.5. The van der Waals surface area contributed by atoms with Crippen LogP contribution in [0.5, 0.6) is 0 Å². The number of amides is 1. The minimum Gasteiger partial charge on any atom is -0.355 e. The number of aromatic nitrogens is 4. The molecule has 0 fully saturated rings. The van der Waals surface area contributed by atoms with Crippen LogP contribution in [0, 0.1) is 0 Å². The number of nitrogens with one attached hydrogen (secondary N) is 2. The van der Waals surface area contributed by atoms with E-state index in [9.17, 15) is 4.79 Å². The predicted molar refractivity (Wildman–Crippen MR) is 52.5 cm³/mol. The second-order valence-electron chi connectivity index (χ2n) is 2.95. The third-order valence-electron chi connectivity index (χ3n) is 1.94. The van der Waals surface area contributed by atoms with E-state index in [1.807, 2.05) is 24.3 Å². The zero-order valence-corrected chi connectivity index (χ0v) is 7.84. The molecule has 2 N–H and O–H groups in total. The van der Waals surface area contributed by atoms with E-state index in [1.54, 1.807) is 0 Å². The van der Waals surface area contributed by atoms with Crippen molar-refractivity contribution in [3.63, 3.8) is 0 Å². The summed E-state index contributed by atoms with van der Waals surface area (Å²) >= 11 is 0. The molecule has 0 spiro atoms. The molecule has 0 unspecified atom stereocenters. The Balaban J connectivity index is 2.23. The Morgan fingerprint density at radius 2 is 2.40 bits per heavy atom. The van der Waals surface area contributed by atoms with Gasteiger partial charge in [-0.25, -0.2) is 5.10 Å². The van der Waals surface area contributed by atoms with Crippen molar-refractivity contribution >= 4 is 6.41 Å². The van der Waals surface area contributed by atoms with Crippen LogP contribution in [0.25, 0.3) is 11.4 Å². The highest BCUT2D eigenvalue weighted by molar-refractivity contribution is 5.55. The van der Waals surface area contributed by atoms with E-state index in [2.05, 4.69) is 25.9 Å². The van der Waals surface area contributed by atoms with Crippen molar-refractivity contribution in [2.24, 2.45) is 0 Å². The summed E-state index contributed by atoms with van der Waals surface area (Å²) in [4.78, 5) is 10.1. The summed E-state index contributed by atoms with van der Waals surface area (Å²) in [5.74, 6) is 0.614. The first kappa shape index (κ1) is 9.32. The van der Waals surface area contributed by atoms with Crippen LogP contribution in [0.4, 0.5) is 0 Å². The van der Waals surface area contributed by atoms with Crippen LogP contribution in [0.1, 0.15) is 5.56 Å². The average molecular weight is 203 g/mol. The maximum absolute atomic E-state index is 10.1. The Hall–Kier alpha value is -2.24. The van der Waals surface area contributed by atoms with Gasteiger partial charge in [0.05, 0.1) is 0 Å². The summed E-state index contributed by atoms with van der Waals surface area (Å²) < 4.78 is 0. The number of carbonyl (C=O) groups excluding carboxylic acids is 1. The Labute approximate surface area is 85.7 Å². The summed E-state index contributed by atoms with van der Waals surface area (Å²) in [6, 6.07) is 7.62. The van der Waals surface area contributed by atoms with E-state index >= 15 is 0 Å². The Morgan fingerprint density at radius 3 is 3.13 bits per heavy atom. The normalized spacial score (nSPS) is 9.87. The van der Waals surface area contributed by atoms with Gasteiger partial charge in [0.15, 0.2) is 5.82 Å². The van der Waals surface area contributed by atoms with Crippen LogP contribution < -0.4 is 5.32 Å². The SMILES string of the molecule is O=CNCc1cccc(-c2nnn[nH]2)c1. The van der Waals surface area contributed by atoms with Crippen molar-refractivity contribution in [3.05, 3.63) is 29.8 Å². The number of H-pyrrole nitrogens is 1. The lowest BCUT2D eigenvalue weighted by molar-refractivity contribution is -0.109. The van der Waals surface area contributed by atoms with Gasteiger partial charge in [0.1, 0.15) is 0 Å². The largest absolute Gasteiger partial charge is 0.355 e. The second-order valence-corrected chi connectivity index (χ2v) is 2.95. The summed E-state index contributed by atoms with van der Waals surface area (Å²) in [6.07, 6.45) is 0.669. The van der Waals surface area contributed by atoms with Gasteiger partial charge < -0.3 is 5.32 Å². The Bertz CT molecular complexity index is 440. The number of benzene rings is 1. The zero-order valence-electron chi connectivity index (χ0n) is 7.84. The van der Waals surface area contributed by atoms with Gasteiger partial charge in [-0.15, -0.1) is 5.10 Å². The summed E-state index contributed by atoms with van der Waals surface area (Å²) in [5, 5.41) is 16.1. The second kappa shape index (κ2) is 4.32. The highest BCUT2D eigenvalue weighted by Crippen LogP contribution is 2.14. The van der Waals surface area contributed by atoms with Crippen molar-refractivity contribution in [2.75, 3.05) is 0 Å². The molecule has 1 aromatic heterocycles. The maximum Gasteiger partial charge on any atom is 0.207 e. The molecule has 0 saturated heterocycles. The van der Waals surface area contributed by atoms with Crippen molar-refractivity contribution in [1.82, 2.24) is 25.9 Å². The number of hydrogen-bond donors (Lipinski definition) is 2. The molecule has 15 heavy (non-hydrogen) atoms. The van der Waals surface area contributed by atoms with Crippen molar-refractivity contribution < 1.29 is 4.79 Å². The summed E-state index contributed by atoms with van der Waals surface area (Å²) in [5.41, 5.74) is 1.89. The smallest absolute Gasteiger partial charge is 0.207 e. The third-order valence-corrected chi connectivity index (χ3v) is 1.94. The van der Waals surface area contributed by atoms with Crippen LogP contribution in [0.3, 0.4) is 0 Å².